The molecule has 1 aliphatic rings. The largest absolute Gasteiger partial charge is 0.378 e. The second kappa shape index (κ2) is 5.69. The van der Waals surface area contributed by atoms with Crippen molar-refractivity contribution in [2.45, 2.75) is 39.3 Å². The van der Waals surface area contributed by atoms with Gasteiger partial charge in [0.05, 0.1) is 13.2 Å². The van der Waals surface area contributed by atoms with Crippen molar-refractivity contribution < 1.29 is 4.74 Å². The van der Waals surface area contributed by atoms with E-state index in [0.29, 0.717) is 18.0 Å². The summed E-state index contributed by atoms with van der Waals surface area (Å²) in [7, 11) is 0. The van der Waals surface area contributed by atoms with Crippen LogP contribution in [0, 0.1) is 5.92 Å². The molecule has 0 aromatic rings. The Labute approximate surface area is 87.6 Å². The molecule has 0 radical (unpaired) electrons. The van der Waals surface area contributed by atoms with Crippen LogP contribution in [0.1, 0.15) is 27.2 Å². The number of hydrogen-bond donors (Lipinski definition) is 1. The highest BCUT2D eigenvalue weighted by Gasteiger charge is 2.27. The minimum atomic E-state index is 0.571. The Bertz CT molecular complexity index is 163. The summed E-state index contributed by atoms with van der Waals surface area (Å²) in [5.74, 6) is 0.571. The van der Waals surface area contributed by atoms with E-state index >= 15 is 0 Å². The van der Waals surface area contributed by atoms with Gasteiger partial charge in [0.1, 0.15) is 0 Å². The van der Waals surface area contributed by atoms with Gasteiger partial charge in [0.25, 0.3) is 0 Å². The monoisotopic (exact) mass is 200 g/mol. The lowest BCUT2D eigenvalue weighted by molar-refractivity contribution is -0.0358. The number of ether oxygens (including phenoxy) is 1. The van der Waals surface area contributed by atoms with Crippen LogP contribution in [0.2, 0.25) is 0 Å². The van der Waals surface area contributed by atoms with E-state index in [-0.39, 0.29) is 0 Å². The Kier molecular flexibility index (Phi) is 4.85. The van der Waals surface area contributed by atoms with Gasteiger partial charge in [0, 0.05) is 18.6 Å². The summed E-state index contributed by atoms with van der Waals surface area (Å²) in [5.41, 5.74) is 5.71. The molecule has 0 aromatic heterocycles. The van der Waals surface area contributed by atoms with Crippen LogP contribution in [0.15, 0.2) is 0 Å². The number of rotatable bonds is 4. The van der Waals surface area contributed by atoms with E-state index in [0.717, 1.165) is 26.3 Å². The molecule has 3 nitrogen and oxygen atoms in total. The van der Waals surface area contributed by atoms with Crippen LogP contribution >= 0.6 is 0 Å². The summed E-state index contributed by atoms with van der Waals surface area (Å²) in [5, 5.41) is 0. The SMILES string of the molecule is CCC1COCCN1C(C)C(C)CN. The van der Waals surface area contributed by atoms with E-state index in [4.69, 9.17) is 10.5 Å². The average molecular weight is 200 g/mol. The van der Waals surface area contributed by atoms with Gasteiger partial charge in [-0.2, -0.15) is 0 Å². The summed E-state index contributed by atoms with van der Waals surface area (Å²) in [6.45, 7) is 10.3. The van der Waals surface area contributed by atoms with Crippen LogP contribution in [-0.2, 0) is 4.74 Å². The second-order valence-electron chi connectivity index (χ2n) is 4.33. The molecule has 0 saturated carbocycles. The summed E-state index contributed by atoms with van der Waals surface area (Å²) in [4.78, 5) is 2.56. The first kappa shape index (κ1) is 12.0. The highest BCUT2D eigenvalue weighted by molar-refractivity contribution is 4.81. The summed E-state index contributed by atoms with van der Waals surface area (Å²) in [6.07, 6.45) is 1.17. The van der Waals surface area contributed by atoms with Crippen LogP contribution in [0.3, 0.4) is 0 Å². The maximum Gasteiger partial charge on any atom is 0.0622 e. The summed E-state index contributed by atoms with van der Waals surface area (Å²) in [6, 6.07) is 1.17. The van der Waals surface area contributed by atoms with E-state index in [9.17, 15) is 0 Å². The van der Waals surface area contributed by atoms with Crippen LogP contribution < -0.4 is 5.73 Å². The number of nitrogens with zero attached hydrogens (tertiary/aromatic N) is 1. The lowest BCUT2D eigenvalue weighted by atomic mass is 9.99. The third-order valence-electron chi connectivity index (χ3n) is 3.46. The Balaban J connectivity index is 2.53. The number of hydrogen-bond acceptors (Lipinski definition) is 3. The fraction of sp³-hybridized carbons (Fsp3) is 1.00. The molecule has 0 aromatic carbocycles. The van der Waals surface area contributed by atoms with Crippen molar-refractivity contribution in [3.8, 4) is 0 Å². The minimum Gasteiger partial charge on any atom is -0.378 e. The van der Waals surface area contributed by atoms with Crippen molar-refractivity contribution in [3.05, 3.63) is 0 Å². The van der Waals surface area contributed by atoms with Gasteiger partial charge in [-0.3, -0.25) is 4.90 Å². The molecule has 0 spiro atoms. The lowest BCUT2D eigenvalue weighted by Gasteiger charge is -2.41. The quantitative estimate of drug-likeness (QED) is 0.738. The number of nitrogens with two attached hydrogens (primary N) is 1. The maximum atomic E-state index is 5.71. The Morgan fingerprint density at radius 3 is 2.79 bits per heavy atom. The van der Waals surface area contributed by atoms with Crippen molar-refractivity contribution in [3.63, 3.8) is 0 Å². The van der Waals surface area contributed by atoms with Crippen LogP contribution in [-0.4, -0.2) is 43.3 Å². The molecule has 2 N–H and O–H groups in total. The Hall–Kier alpha value is -0.120. The van der Waals surface area contributed by atoms with Crippen molar-refractivity contribution in [2.24, 2.45) is 11.7 Å². The van der Waals surface area contributed by atoms with E-state index in [1.807, 2.05) is 0 Å². The molecular formula is C11H24N2O. The first-order valence-electron chi connectivity index (χ1n) is 5.74. The summed E-state index contributed by atoms with van der Waals surface area (Å²) < 4.78 is 5.49. The molecule has 3 heteroatoms. The average Bonchev–Trinajstić information content (AvgIpc) is 2.26. The van der Waals surface area contributed by atoms with Crippen molar-refractivity contribution in [1.82, 2.24) is 4.90 Å². The zero-order valence-electron chi connectivity index (χ0n) is 9.70. The molecule has 3 unspecified atom stereocenters. The van der Waals surface area contributed by atoms with Gasteiger partial charge < -0.3 is 10.5 Å². The molecule has 1 rings (SSSR count). The fourth-order valence-corrected chi connectivity index (χ4v) is 2.08. The van der Waals surface area contributed by atoms with Crippen molar-refractivity contribution in [2.75, 3.05) is 26.3 Å². The molecule has 14 heavy (non-hydrogen) atoms. The summed E-state index contributed by atoms with van der Waals surface area (Å²) >= 11 is 0. The molecule has 0 amide bonds. The standard InChI is InChI=1S/C11H24N2O/c1-4-11-8-14-6-5-13(11)10(3)9(2)7-12/h9-11H,4-8,12H2,1-3H3. The zero-order valence-corrected chi connectivity index (χ0v) is 9.70. The number of morpholine rings is 1. The second-order valence-corrected chi connectivity index (χ2v) is 4.33. The van der Waals surface area contributed by atoms with Crippen LogP contribution in [0.4, 0.5) is 0 Å². The predicted molar refractivity (Wildman–Crippen MR) is 59.3 cm³/mol. The van der Waals surface area contributed by atoms with Crippen molar-refractivity contribution >= 4 is 0 Å². The topological polar surface area (TPSA) is 38.5 Å². The van der Waals surface area contributed by atoms with Gasteiger partial charge in [-0.1, -0.05) is 13.8 Å². The third kappa shape index (κ3) is 2.69. The third-order valence-corrected chi connectivity index (χ3v) is 3.46. The first-order chi connectivity index (χ1) is 6.70. The molecule has 1 fully saturated rings. The van der Waals surface area contributed by atoms with Crippen LogP contribution in [0.5, 0.6) is 0 Å². The maximum absolute atomic E-state index is 5.71. The molecule has 0 bridgehead atoms. The van der Waals surface area contributed by atoms with Crippen molar-refractivity contribution in [1.29, 1.82) is 0 Å². The highest BCUT2D eigenvalue weighted by atomic mass is 16.5. The van der Waals surface area contributed by atoms with E-state index in [1.54, 1.807) is 0 Å². The van der Waals surface area contributed by atoms with E-state index < -0.39 is 0 Å². The molecular weight excluding hydrogens is 176 g/mol. The van der Waals surface area contributed by atoms with Crippen LogP contribution in [0.25, 0.3) is 0 Å². The van der Waals surface area contributed by atoms with Gasteiger partial charge in [0.2, 0.25) is 0 Å². The minimum absolute atomic E-state index is 0.571. The van der Waals surface area contributed by atoms with E-state index in [2.05, 4.69) is 25.7 Å². The molecule has 84 valence electrons. The molecule has 3 atom stereocenters. The van der Waals surface area contributed by atoms with Gasteiger partial charge in [-0.05, 0) is 25.8 Å². The zero-order chi connectivity index (χ0) is 10.6. The normalized spacial score (nSPS) is 28.7. The smallest absolute Gasteiger partial charge is 0.0622 e. The van der Waals surface area contributed by atoms with Gasteiger partial charge in [-0.25, -0.2) is 0 Å². The predicted octanol–water partition coefficient (Wildman–Crippen LogP) is 1.08. The molecule has 1 aliphatic heterocycles. The Morgan fingerprint density at radius 1 is 1.50 bits per heavy atom. The van der Waals surface area contributed by atoms with Gasteiger partial charge in [0.15, 0.2) is 0 Å². The van der Waals surface area contributed by atoms with Gasteiger partial charge in [-0.15, -0.1) is 0 Å². The first-order valence-corrected chi connectivity index (χ1v) is 5.74. The molecule has 1 saturated heterocycles. The Morgan fingerprint density at radius 2 is 2.21 bits per heavy atom. The highest BCUT2D eigenvalue weighted by Crippen LogP contribution is 2.18. The lowest BCUT2D eigenvalue weighted by Crippen LogP contribution is -2.52. The van der Waals surface area contributed by atoms with E-state index in [1.165, 1.54) is 6.42 Å². The van der Waals surface area contributed by atoms with Gasteiger partial charge >= 0.3 is 0 Å². The molecule has 1 heterocycles. The fourth-order valence-electron chi connectivity index (χ4n) is 2.08. The molecule has 0 aliphatic carbocycles.